The summed E-state index contributed by atoms with van der Waals surface area (Å²) in [5, 5.41) is 22.0. The van der Waals surface area contributed by atoms with Crippen LogP contribution >= 0.6 is 12.2 Å². The third kappa shape index (κ3) is 1.52. The Balaban J connectivity index is 2.28. The Morgan fingerprint density at radius 1 is 1.05 bits per heavy atom. The number of H-pyrrole nitrogens is 1. The number of hydrogen-bond donors (Lipinski definition) is 2. The number of aromatic nitrogens is 2. The number of benzene rings is 3. The average Bonchev–Trinajstić information content (AvgIpc) is 2.91. The van der Waals surface area contributed by atoms with Gasteiger partial charge in [-0.1, -0.05) is 24.3 Å². The van der Waals surface area contributed by atoms with Crippen LogP contribution in [0.1, 0.15) is 5.56 Å². The molecule has 0 amide bonds. The van der Waals surface area contributed by atoms with E-state index < -0.39 is 0 Å². The number of aliphatic hydroxyl groups excluding tert-OH is 1. The molecule has 0 fully saturated rings. The van der Waals surface area contributed by atoms with Crippen LogP contribution in [0.2, 0.25) is 0 Å². The maximum Gasteiger partial charge on any atom is 0.189 e. The summed E-state index contributed by atoms with van der Waals surface area (Å²) in [5.41, 5.74) is 1.70. The lowest BCUT2D eigenvalue weighted by Gasteiger charge is -2.08. The zero-order valence-electron chi connectivity index (χ0n) is 10.4. The molecular weight excluding hydrogens is 268 g/mol. The molecule has 0 spiro atoms. The van der Waals surface area contributed by atoms with Crippen LogP contribution < -0.4 is 0 Å². The zero-order chi connectivity index (χ0) is 13.7. The van der Waals surface area contributed by atoms with Crippen LogP contribution in [0, 0.1) is 0 Å². The molecule has 4 heteroatoms. The summed E-state index contributed by atoms with van der Waals surface area (Å²) >= 11 is 4.97. The first-order valence-electron chi connectivity index (χ1n) is 6.26. The number of nitrogens with zero attached hydrogens (tertiary/aromatic N) is 1. The van der Waals surface area contributed by atoms with E-state index in [2.05, 4.69) is 28.4 Å². The Labute approximate surface area is 119 Å². The average molecular weight is 278 g/mol. The van der Waals surface area contributed by atoms with Crippen molar-refractivity contribution in [1.29, 1.82) is 0 Å². The van der Waals surface area contributed by atoms with Crippen LogP contribution in [-0.4, -0.2) is 20.4 Å². The van der Waals surface area contributed by atoms with Crippen LogP contribution in [0.15, 0.2) is 48.7 Å². The number of hydrogen-bond acceptors (Lipinski definition) is 2. The SMILES string of the molecule is OC(=S)c1cccc2ccc3cc4[nH]ncc4cc3c12. The van der Waals surface area contributed by atoms with E-state index in [-0.39, 0.29) is 5.05 Å². The van der Waals surface area contributed by atoms with Crippen molar-refractivity contribution < 1.29 is 5.11 Å². The van der Waals surface area contributed by atoms with Crippen molar-refractivity contribution in [1.82, 2.24) is 10.2 Å². The van der Waals surface area contributed by atoms with E-state index in [4.69, 9.17) is 12.2 Å². The molecule has 0 radical (unpaired) electrons. The summed E-state index contributed by atoms with van der Waals surface area (Å²) < 4.78 is 0. The highest BCUT2D eigenvalue weighted by atomic mass is 32.1. The highest BCUT2D eigenvalue weighted by molar-refractivity contribution is 7.80. The standard InChI is InChI=1S/C16H10N2OS/c19-16(20)12-3-1-2-9-4-5-10-7-14-11(8-17-18-14)6-13(10)15(9)12/h1-8H,(H,17,18)(H,19,20). The summed E-state index contributed by atoms with van der Waals surface area (Å²) in [5.74, 6) is 0. The second-order valence-electron chi connectivity index (χ2n) is 4.80. The highest BCUT2D eigenvalue weighted by Crippen LogP contribution is 2.31. The van der Waals surface area contributed by atoms with Gasteiger partial charge in [0.1, 0.15) is 0 Å². The second-order valence-corrected chi connectivity index (χ2v) is 5.19. The normalized spacial score (nSPS) is 11.4. The summed E-state index contributed by atoms with van der Waals surface area (Å²) in [6, 6.07) is 14.0. The third-order valence-corrected chi connectivity index (χ3v) is 3.87. The van der Waals surface area contributed by atoms with Crippen LogP contribution in [0.3, 0.4) is 0 Å². The predicted octanol–water partition coefficient (Wildman–Crippen LogP) is 4.10. The molecule has 0 aliphatic heterocycles. The number of nitrogens with one attached hydrogen (secondary N) is 1. The molecule has 0 saturated carbocycles. The van der Waals surface area contributed by atoms with Gasteiger partial charge in [0.25, 0.3) is 0 Å². The summed E-state index contributed by atoms with van der Waals surface area (Å²) in [6.45, 7) is 0. The molecule has 3 aromatic carbocycles. The molecule has 3 nitrogen and oxygen atoms in total. The molecule has 4 aromatic rings. The number of rotatable bonds is 1. The highest BCUT2D eigenvalue weighted by Gasteiger charge is 2.10. The lowest BCUT2D eigenvalue weighted by molar-refractivity contribution is 0.571. The number of aliphatic hydroxyl groups is 1. The van der Waals surface area contributed by atoms with Gasteiger partial charge in [0.2, 0.25) is 0 Å². The van der Waals surface area contributed by atoms with E-state index in [1.165, 1.54) is 0 Å². The van der Waals surface area contributed by atoms with Crippen molar-refractivity contribution >= 4 is 49.7 Å². The number of thiocarbonyl (C=S) groups is 1. The Bertz CT molecular complexity index is 988. The molecule has 0 atom stereocenters. The Morgan fingerprint density at radius 2 is 1.90 bits per heavy atom. The predicted molar refractivity (Wildman–Crippen MR) is 85.4 cm³/mol. The summed E-state index contributed by atoms with van der Waals surface area (Å²) in [4.78, 5) is 0. The molecule has 20 heavy (non-hydrogen) atoms. The fraction of sp³-hybridized carbons (Fsp3) is 0. The van der Waals surface area contributed by atoms with Crippen molar-refractivity contribution in [2.75, 3.05) is 0 Å². The smallest absolute Gasteiger partial charge is 0.189 e. The first kappa shape index (κ1) is 11.4. The van der Waals surface area contributed by atoms with Gasteiger partial charge >= 0.3 is 0 Å². The molecule has 0 saturated heterocycles. The van der Waals surface area contributed by atoms with Crippen LogP contribution in [0.25, 0.3) is 32.4 Å². The van der Waals surface area contributed by atoms with Gasteiger partial charge < -0.3 is 5.11 Å². The summed E-state index contributed by atoms with van der Waals surface area (Å²) in [6.07, 6.45) is 1.80. The van der Waals surface area contributed by atoms with E-state index in [9.17, 15) is 5.11 Å². The minimum absolute atomic E-state index is 0.0737. The van der Waals surface area contributed by atoms with Gasteiger partial charge in [0.05, 0.1) is 11.7 Å². The molecule has 96 valence electrons. The van der Waals surface area contributed by atoms with Gasteiger partial charge in [-0.15, -0.1) is 0 Å². The van der Waals surface area contributed by atoms with Crippen molar-refractivity contribution in [3.63, 3.8) is 0 Å². The van der Waals surface area contributed by atoms with E-state index in [0.717, 1.165) is 32.4 Å². The van der Waals surface area contributed by atoms with E-state index in [1.54, 1.807) is 6.20 Å². The Hall–Kier alpha value is -2.46. The topological polar surface area (TPSA) is 48.9 Å². The zero-order valence-corrected chi connectivity index (χ0v) is 11.2. The van der Waals surface area contributed by atoms with E-state index in [0.29, 0.717) is 5.56 Å². The molecule has 0 unspecified atom stereocenters. The lowest BCUT2D eigenvalue weighted by Crippen LogP contribution is -1.96. The van der Waals surface area contributed by atoms with Gasteiger partial charge in [-0.05, 0) is 46.6 Å². The molecule has 1 heterocycles. The van der Waals surface area contributed by atoms with E-state index >= 15 is 0 Å². The Kier molecular flexibility index (Phi) is 2.28. The second kappa shape index (κ2) is 4.02. The minimum Gasteiger partial charge on any atom is -0.499 e. The molecule has 0 aliphatic carbocycles. The fourth-order valence-corrected chi connectivity index (χ4v) is 2.90. The third-order valence-electron chi connectivity index (χ3n) is 3.65. The first-order chi connectivity index (χ1) is 9.74. The quantitative estimate of drug-likeness (QED) is 0.407. The van der Waals surface area contributed by atoms with Gasteiger partial charge in [-0.3, -0.25) is 5.10 Å². The molecule has 0 aliphatic rings. The molecule has 4 rings (SSSR count). The fourth-order valence-electron chi connectivity index (χ4n) is 2.73. The van der Waals surface area contributed by atoms with Gasteiger partial charge in [0.15, 0.2) is 5.05 Å². The molecular formula is C16H10N2OS. The van der Waals surface area contributed by atoms with Gasteiger partial charge in [-0.2, -0.15) is 5.10 Å². The number of aromatic amines is 1. The molecule has 2 N–H and O–H groups in total. The number of fused-ring (bicyclic) bond motifs is 4. The van der Waals surface area contributed by atoms with Crippen LogP contribution in [0.4, 0.5) is 0 Å². The summed E-state index contributed by atoms with van der Waals surface area (Å²) in [7, 11) is 0. The monoisotopic (exact) mass is 278 g/mol. The van der Waals surface area contributed by atoms with Crippen molar-refractivity contribution in [3.8, 4) is 0 Å². The maximum absolute atomic E-state index is 9.77. The van der Waals surface area contributed by atoms with Crippen LogP contribution in [0.5, 0.6) is 0 Å². The Morgan fingerprint density at radius 3 is 2.75 bits per heavy atom. The van der Waals surface area contributed by atoms with Crippen molar-refractivity contribution in [3.05, 3.63) is 54.2 Å². The largest absolute Gasteiger partial charge is 0.499 e. The molecule has 1 aromatic heterocycles. The lowest BCUT2D eigenvalue weighted by atomic mass is 9.97. The van der Waals surface area contributed by atoms with Gasteiger partial charge in [0, 0.05) is 16.3 Å². The van der Waals surface area contributed by atoms with Crippen molar-refractivity contribution in [2.45, 2.75) is 0 Å². The minimum atomic E-state index is -0.0737. The first-order valence-corrected chi connectivity index (χ1v) is 6.67. The van der Waals surface area contributed by atoms with Gasteiger partial charge in [-0.25, -0.2) is 0 Å². The van der Waals surface area contributed by atoms with Crippen LogP contribution in [-0.2, 0) is 0 Å². The maximum atomic E-state index is 9.77. The molecule has 0 bridgehead atoms. The van der Waals surface area contributed by atoms with Crippen molar-refractivity contribution in [2.24, 2.45) is 0 Å². The van der Waals surface area contributed by atoms with E-state index in [1.807, 2.05) is 24.3 Å².